The molecule has 1 atom stereocenters. The molecule has 0 saturated carbocycles. The van der Waals surface area contributed by atoms with Crippen LogP contribution in [0, 0.1) is 13.8 Å². The number of hydrogen-bond donors (Lipinski definition) is 2. The summed E-state index contributed by atoms with van der Waals surface area (Å²) >= 11 is 0. The Balaban J connectivity index is 1.97. The van der Waals surface area contributed by atoms with Crippen LogP contribution in [0.25, 0.3) is 0 Å². The number of aromatic nitrogens is 1. The third-order valence-corrected chi connectivity index (χ3v) is 4.86. The molecule has 1 saturated heterocycles. The van der Waals surface area contributed by atoms with Crippen LogP contribution in [0.5, 0.6) is 0 Å². The van der Waals surface area contributed by atoms with Gasteiger partial charge in [0.1, 0.15) is 5.69 Å². The summed E-state index contributed by atoms with van der Waals surface area (Å²) < 4.78 is 5.07. The van der Waals surface area contributed by atoms with Gasteiger partial charge in [0, 0.05) is 44.5 Å². The third-order valence-electron chi connectivity index (χ3n) is 4.86. The Morgan fingerprint density at radius 1 is 1.24 bits per heavy atom. The lowest BCUT2D eigenvalue weighted by Crippen LogP contribution is -2.51. The van der Waals surface area contributed by atoms with E-state index in [1.54, 1.807) is 20.8 Å². The van der Waals surface area contributed by atoms with Crippen molar-refractivity contribution in [3.63, 3.8) is 0 Å². The molecule has 0 aromatic carbocycles. The molecule has 7 nitrogen and oxygen atoms in total. The monoisotopic (exact) mass is 350 g/mol. The Labute approximate surface area is 149 Å². The van der Waals surface area contributed by atoms with E-state index < -0.39 is 5.97 Å². The summed E-state index contributed by atoms with van der Waals surface area (Å²) in [6, 6.07) is 0.276. The van der Waals surface area contributed by atoms with Crippen LogP contribution in [0.3, 0.4) is 0 Å². The van der Waals surface area contributed by atoms with E-state index >= 15 is 0 Å². The van der Waals surface area contributed by atoms with Crippen molar-refractivity contribution in [1.29, 1.82) is 0 Å². The number of carbonyl (C=O) groups excluding carboxylic acids is 2. The van der Waals surface area contributed by atoms with Crippen molar-refractivity contribution in [2.45, 2.75) is 33.7 Å². The number of aryl methyl sites for hydroxylation is 1. The van der Waals surface area contributed by atoms with Crippen LogP contribution in [0.4, 0.5) is 0 Å². The van der Waals surface area contributed by atoms with E-state index in [1.807, 2.05) is 0 Å². The number of nitrogens with one attached hydrogen (secondary N) is 2. The zero-order valence-corrected chi connectivity index (χ0v) is 15.9. The highest BCUT2D eigenvalue weighted by Gasteiger charge is 2.24. The number of esters is 1. The van der Waals surface area contributed by atoms with E-state index in [4.69, 9.17) is 4.74 Å². The maximum atomic E-state index is 12.5. The first kappa shape index (κ1) is 19.5. The molecule has 1 aromatic heterocycles. The van der Waals surface area contributed by atoms with Crippen molar-refractivity contribution in [3.05, 3.63) is 22.5 Å². The van der Waals surface area contributed by atoms with Gasteiger partial charge in [-0.05, 0) is 40.3 Å². The number of H-pyrrole nitrogens is 1. The van der Waals surface area contributed by atoms with Gasteiger partial charge in [-0.15, -0.1) is 0 Å². The van der Waals surface area contributed by atoms with Gasteiger partial charge in [0.25, 0.3) is 5.91 Å². The number of ether oxygens (including phenoxy) is 1. The first-order valence-corrected chi connectivity index (χ1v) is 8.92. The minimum Gasteiger partial charge on any atom is -0.462 e. The minimum absolute atomic E-state index is 0.183. The predicted octanol–water partition coefficient (Wildman–Crippen LogP) is 1.17. The molecule has 25 heavy (non-hydrogen) atoms. The second-order valence-electron chi connectivity index (χ2n) is 6.74. The molecule has 1 amide bonds. The van der Waals surface area contributed by atoms with Gasteiger partial charge in [-0.25, -0.2) is 4.79 Å². The van der Waals surface area contributed by atoms with Crippen molar-refractivity contribution in [2.75, 3.05) is 46.4 Å². The van der Waals surface area contributed by atoms with Crippen molar-refractivity contribution < 1.29 is 14.3 Å². The molecule has 0 aliphatic carbocycles. The number of carbonyl (C=O) groups is 2. The molecule has 0 radical (unpaired) electrons. The van der Waals surface area contributed by atoms with Gasteiger partial charge >= 0.3 is 5.97 Å². The van der Waals surface area contributed by atoms with Crippen LogP contribution in [0.15, 0.2) is 0 Å². The highest BCUT2D eigenvalue weighted by molar-refractivity contribution is 6.00. The molecule has 1 aliphatic rings. The van der Waals surface area contributed by atoms with Crippen molar-refractivity contribution in [2.24, 2.45) is 0 Å². The number of aromatic amines is 1. The smallest absolute Gasteiger partial charge is 0.340 e. The molecule has 2 rings (SSSR count). The van der Waals surface area contributed by atoms with Crippen LogP contribution in [-0.4, -0.2) is 79.1 Å². The van der Waals surface area contributed by atoms with E-state index in [2.05, 4.69) is 34.1 Å². The van der Waals surface area contributed by atoms with Gasteiger partial charge in [-0.1, -0.05) is 0 Å². The molecule has 1 aliphatic heterocycles. The number of rotatable bonds is 6. The second-order valence-corrected chi connectivity index (χ2v) is 6.74. The molecule has 0 spiro atoms. The SMILES string of the molecule is CCOC(=O)c1c(C)[nH]c(C(=O)NCC(C)N2CCN(C)CC2)c1C. The maximum absolute atomic E-state index is 12.5. The first-order valence-electron chi connectivity index (χ1n) is 8.92. The topological polar surface area (TPSA) is 77.7 Å². The predicted molar refractivity (Wildman–Crippen MR) is 97.1 cm³/mol. The normalized spacial score (nSPS) is 17.3. The minimum atomic E-state index is -0.390. The summed E-state index contributed by atoms with van der Waals surface area (Å²) in [4.78, 5) is 32.3. The summed E-state index contributed by atoms with van der Waals surface area (Å²) in [5, 5.41) is 2.98. The highest BCUT2D eigenvalue weighted by Crippen LogP contribution is 2.19. The lowest BCUT2D eigenvalue weighted by atomic mass is 10.1. The summed E-state index contributed by atoms with van der Waals surface area (Å²) in [6.07, 6.45) is 0. The summed E-state index contributed by atoms with van der Waals surface area (Å²) in [6.45, 7) is 12.5. The summed E-state index contributed by atoms with van der Waals surface area (Å²) in [7, 11) is 2.13. The molecule has 7 heteroatoms. The van der Waals surface area contributed by atoms with Crippen LogP contribution >= 0.6 is 0 Å². The zero-order valence-electron chi connectivity index (χ0n) is 15.9. The van der Waals surface area contributed by atoms with Crippen molar-refractivity contribution in [1.82, 2.24) is 20.1 Å². The van der Waals surface area contributed by atoms with Crippen LogP contribution in [0.2, 0.25) is 0 Å². The average molecular weight is 350 g/mol. The van der Waals surface area contributed by atoms with E-state index in [-0.39, 0.29) is 11.9 Å². The molecule has 2 heterocycles. The zero-order chi connectivity index (χ0) is 18.6. The summed E-state index contributed by atoms with van der Waals surface area (Å²) in [5.41, 5.74) is 2.19. The largest absolute Gasteiger partial charge is 0.462 e. The molecule has 140 valence electrons. The molecular formula is C18H30N4O3. The first-order chi connectivity index (χ1) is 11.8. The third kappa shape index (κ3) is 4.61. The lowest BCUT2D eigenvalue weighted by molar-refractivity contribution is 0.0525. The van der Waals surface area contributed by atoms with Gasteiger partial charge < -0.3 is 19.9 Å². The van der Waals surface area contributed by atoms with Crippen molar-refractivity contribution >= 4 is 11.9 Å². The Bertz CT molecular complexity index is 618. The quantitative estimate of drug-likeness (QED) is 0.753. The van der Waals surface area contributed by atoms with E-state index in [1.165, 1.54) is 0 Å². The Kier molecular flexibility index (Phi) is 6.61. The van der Waals surface area contributed by atoms with E-state index in [9.17, 15) is 9.59 Å². The van der Waals surface area contributed by atoms with Gasteiger partial charge in [0.15, 0.2) is 0 Å². The fraction of sp³-hybridized carbons (Fsp3) is 0.667. The molecule has 0 bridgehead atoms. The standard InChI is InChI=1S/C18H30N4O3/c1-6-25-18(24)15-13(3)16(20-14(15)4)17(23)19-11-12(2)22-9-7-21(5)8-10-22/h12,20H,6-11H2,1-5H3,(H,19,23). The molecule has 1 unspecified atom stereocenters. The fourth-order valence-electron chi connectivity index (χ4n) is 3.21. The Morgan fingerprint density at radius 3 is 2.48 bits per heavy atom. The summed E-state index contributed by atoms with van der Waals surface area (Å²) in [5.74, 6) is -0.573. The van der Waals surface area contributed by atoms with E-state index in [0.717, 1.165) is 26.2 Å². The Morgan fingerprint density at radius 2 is 1.88 bits per heavy atom. The average Bonchev–Trinajstić information content (AvgIpc) is 2.88. The van der Waals surface area contributed by atoms with Gasteiger partial charge in [0.2, 0.25) is 0 Å². The lowest BCUT2D eigenvalue weighted by Gasteiger charge is -2.36. The number of hydrogen-bond acceptors (Lipinski definition) is 5. The van der Waals surface area contributed by atoms with Gasteiger partial charge in [0.05, 0.1) is 12.2 Å². The number of amides is 1. The van der Waals surface area contributed by atoms with Gasteiger partial charge in [-0.3, -0.25) is 9.69 Å². The van der Waals surface area contributed by atoms with Gasteiger partial charge in [-0.2, -0.15) is 0 Å². The van der Waals surface area contributed by atoms with Crippen LogP contribution in [-0.2, 0) is 4.74 Å². The fourth-order valence-corrected chi connectivity index (χ4v) is 3.21. The molecule has 1 fully saturated rings. The number of likely N-dealkylation sites (N-methyl/N-ethyl adjacent to an activating group) is 1. The molecular weight excluding hydrogens is 320 g/mol. The maximum Gasteiger partial charge on any atom is 0.340 e. The number of piperazine rings is 1. The van der Waals surface area contributed by atoms with Crippen molar-refractivity contribution in [3.8, 4) is 0 Å². The molecule has 2 N–H and O–H groups in total. The second kappa shape index (κ2) is 8.49. The van der Waals surface area contributed by atoms with Crippen LogP contribution in [0.1, 0.15) is 46.0 Å². The Hall–Kier alpha value is -1.86. The van der Waals surface area contributed by atoms with E-state index in [0.29, 0.717) is 35.7 Å². The highest BCUT2D eigenvalue weighted by atomic mass is 16.5. The van der Waals surface area contributed by atoms with Crippen LogP contribution < -0.4 is 5.32 Å². The molecule has 1 aromatic rings. The number of nitrogens with zero attached hydrogens (tertiary/aromatic N) is 2.